The number of hydrogen-bond donors (Lipinski definition) is 1. The lowest BCUT2D eigenvalue weighted by Gasteiger charge is -2.31. The highest BCUT2D eigenvalue weighted by molar-refractivity contribution is 5.20. The smallest absolute Gasteiger partial charge is 0.120 e. The van der Waals surface area contributed by atoms with Crippen LogP contribution >= 0.6 is 0 Å². The Morgan fingerprint density at radius 1 is 1.45 bits per heavy atom. The minimum Gasteiger partial charge on any atom is -0.463 e. The van der Waals surface area contributed by atoms with Gasteiger partial charge in [0.25, 0.3) is 0 Å². The summed E-state index contributed by atoms with van der Waals surface area (Å²) in [5.74, 6) is 3.10. The van der Waals surface area contributed by atoms with Gasteiger partial charge in [0.05, 0.1) is 13.1 Å². The van der Waals surface area contributed by atoms with E-state index >= 15 is 0 Å². The van der Waals surface area contributed by atoms with Crippen LogP contribution in [0.15, 0.2) is 10.5 Å². The van der Waals surface area contributed by atoms with E-state index in [0.717, 1.165) is 30.5 Å². The summed E-state index contributed by atoms with van der Waals surface area (Å²) in [4.78, 5) is 2.55. The van der Waals surface area contributed by atoms with Gasteiger partial charge in [-0.25, -0.2) is 0 Å². The summed E-state index contributed by atoms with van der Waals surface area (Å²) in [6, 6.07) is 2.71. The molecule has 1 unspecified atom stereocenters. The molecule has 1 fully saturated rings. The molecule has 114 valence electrons. The third-order valence-electron chi connectivity index (χ3n) is 4.30. The SMILES string of the molecule is CCC1CCCN(Cc2cc(C)c(CNC(C)C)o2)C1. The van der Waals surface area contributed by atoms with Crippen LogP contribution in [0.3, 0.4) is 0 Å². The number of hydrogen-bond acceptors (Lipinski definition) is 3. The molecule has 0 bridgehead atoms. The highest BCUT2D eigenvalue weighted by Crippen LogP contribution is 2.22. The van der Waals surface area contributed by atoms with E-state index in [1.54, 1.807) is 0 Å². The van der Waals surface area contributed by atoms with Crippen LogP contribution in [0, 0.1) is 12.8 Å². The molecular weight excluding hydrogens is 248 g/mol. The normalized spacial score (nSPS) is 20.8. The first-order chi connectivity index (χ1) is 9.58. The lowest BCUT2D eigenvalue weighted by molar-refractivity contribution is 0.153. The Morgan fingerprint density at radius 2 is 2.25 bits per heavy atom. The van der Waals surface area contributed by atoms with Crippen LogP contribution in [-0.4, -0.2) is 24.0 Å². The van der Waals surface area contributed by atoms with Gasteiger partial charge in [-0.2, -0.15) is 0 Å². The van der Waals surface area contributed by atoms with Gasteiger partial charge in [0.2, 0.25) is 0 Å². The first-order valence-electron chi connectivity index (χ1n) is 8.12. The van der Waals surface area contributed by atoms with Gasteiger partial charge in [0.15, 0.2) is 0 Å². The molecule has 1 aromatic rings. The summed E-state index contributed by atoms with van der Waals surface area (Å²) < 4.78 is 6.03. The predicted octanol–water partition coefficient (Wildman–Crippen LogP) is 3.71. The minimum atomic E-state index is 0.496. The van der Waals surface area contributed by atoms with Crippen LogP contribution in [0.1, 0.15) is 57.1 Å². The Hall–Kier alpha value is -0.800. The summed E-state index contributed by atoms with van der Waals surface area (Å²) in [5, 5.41) is 3.43. The van der Waals surface area contributed by atoms with E-state index in [2.05, 4.69) is 44.0 Å². The summed E-state index contributed by atoms with van der Waals surface area (Å²) in [6.07, 6.45) is 4.03. The van der Waals surface area contributed by atoms with Crippen molar-refractivity contribution in [2.45, 2.75) is 66.1 Å². The van der Waals surface area contributed by atoms with E-state index in [0.29, 0.717) is 6.04 Å². The van der Waals surface area contributed by atoms with Crippen LogP contribution < -0.4 is 5.32 Å². The largest absolute Gasteiger partial charge is 0.463 e. The van der Waals surface area contributed by atoms with Crippen molar-refractivity contribution in [1.29, 1.82) is 0 Å². The average molecular weight is 278 g/mol. The summed E-state index contributed by atoms with van der Waals surface area (Å²) in [7, 11) is 0. The first kappa shape index (κ1) is 15.6. The number of nitrogens with one attached hydrogen (secondary N) is 1. The van der Waals surface area contributed by atoms with Gasteiger partial charge in [-0.3, -0.25) is 4.90 Å². The Labute approximate surface area is 123 Å². The zero-order valence-corrected chi connectivity index (χ0v) is 13.5. The lowest BCUT2D eigenvalue weighted by atomic mass is 9.96. The molecule has 0 aromatic carbocycles. The van der Waals surface area contributed by atoms with Crippen LogP contribution in [0.5, 0.6) is 0 Å². The molecule has 0 spiro atoms. The standard InChI is InChI=1S/C17H30N2O/c1-5-15-7-6-8-19(11-15)12-16-9-14(4)17(20-16)10-18-13(2)3/h9,13,15,18H,5-8,10-12H2,1-4H3. The van der Waals surface area contributed by atoms with Crippen molar-refractivity contribution in [3.63, 3.8) is 0 Å². The van der Waals surface area contributed by atoms with E-state index in [9.17, 15) is 0 Å². The highest BCUT2D eigenvalue weighted by Gasteiger charge is 2.20. The molecule has 1 aliphatic heterocycles. The fourth-order valence-corrected chi connectivity index (χ4v) is 2.99. The van der Waals surface area contributed by atoms with Crippen molar-refractivity contribution >= 4 is 0 Å². The Morgan fingerprint density at radius 3 is 2.95 bits per heavy atom. The molecule has 0 aliphatic carbocycles. The highest BCUT2D eigenvalue weighted by atomic mass is 16.3. The quantitative estimate of drug-likeness (QED) is 0.860. The van der Waals surface area contributed by atoms with Gasteiger partial charge >= 0.3 is 0 Å². The van der Waals surface area contributed by atoms with Gasteiger partial charge in [0, 0.05) is 12.6 Å². The molecule has 0 radical (unpaired) electrons. The molecule has 3 heteroatoms. The van der Waals surface area contributed by atoms with Crippen molar-refractivity contribution in [2.24, 2.45) is 5.92 Å². The van der Waals surface area contributed by atoms with Crippen LogP contribution in [0.25, 0.3) is 0 Å². The third-order valence-corrected chi connectivity index (χ3v) is 4.30. The molecule has 2 heterocycles. The van der Waals surface area contributed by atoms with Crippen LogP contribution in [0.4, 0.5) is 0 Å². The zero-order valence-electron chi connectivity index (χ0n) is 13.5. The first-order valence-corrected chi connectivity index (χ1v) is 8.12. The zero-order chi connectivity index (χ0) is 14.5. The second-order valence-corrected chi connectivity index (χ2v) is 6.51. The van der Waals surface area contributed by atoms with Crippen molar-refractivity contribution in [1.82, 2.24) is 10.2 Å². The maximum Gasteiger partial charge on any atom is 0.120 e. The van der Waals surface area contributed by atoms with Gasteiger partial charge < -0.3 is 9.73 Å². The molecule has 20 heavy (non-hydrogen) atoms. The number of piperidine rings is 1. The van der Waals surface area contributed by atoms with Crippen molar-refractivity contribution in [2.75, 3.05) is 13.1 Å². The van der Waals surface area contributed by atoms with E-state index in [1.807, 2.05) is 0 Å². The van der Waals surface area contributed by atoms with Gasteiger partial charge in [-0.05, 0) is 43.9 Å². The van der Waals surface area contributed by atoms with Gasteiger partial charge in [-0.15, -0.1) is 0 Å². The topological polar surface area (TPSA) is 28.4 Å². The molecule has 1 atom stereocenters. The molecule has 1 N–H and O–H groups in total. The maximum atomic E-state index is 6.03. The third kappa shape index (κ3) is 4.35. The van der Waals surface area contributed by atoms with E-state index in [-0.39, 0.29) is 0 Å². The predicted molar refractivity (Wildman–Crippen MR) is 83.7 cm³/mol. The van der Waals surface area contributed by atoms with Gasteiger partial charge in [0.1, 0.15) is 11.5 Å². The Bertz CT molecular complexity index is 411. The number of aryl methyl sites for hydroxylation is 1. The molecule has 1 saturated heterocycles. The second kappa shape index (κ2) is 7.28. The van der Waals surface area contributed by atoms with Crippen molar-refractivity contribution in [3.05, 3.63) is 23.2 Å². The second-order valence-electron chi connectivity index (χ2n) is 6.51. The van der Waals surface area contributed by atoms with E-state index < -0.39 is 0 Å². The summed E-state index contributed by atoms with van der Waals surface area (Å²) in [5.41, 5.74) is 1.28. The van der Waals surface area contributed by atoms with Crippen LogP contribution in [-0.2, 0) is 13.1 Å². The van der Waals surface area contributed by atoms with Gasteiger partial charge in [-0.1, -0.05) is 27.2 Å². The maximum absolute atomic E-state index is 6.03. The Balaban J connectivity index is 1.91. The minimum absolute atomic E-state index is 0.496. The fourth-order valence-electron chi connectivity index (χ4n) is 2.99. The molecule has 1 aliphatic rings. The monoisotopic (exact) mass is 278 g/mol. The fraction of sp³-hybridized carbons (Fsp3) is 0.765. The Kier molecular flexibility index (Phi) is 5.67. The molecule has 1 aromatic heterocycles. The average Bonchev–Trinajstić information content (AvgIpc) is 2.76. The van der Waals surface area contributed by atoms with E-state index in [1.165, 1.54) is 37.9 Å². The summed E-state index contributed by atoms with van der Waals surface area (Å²) in [6.45, 7) is 13.0. The van der Waals surface area contributed by atoms with Crippen molar-refractivity contribution < 1.29 is 4.42 Å². The molecular formula is C17H30N2O. The number of likely N-dealkylation sites (tertiary alicyclic amines) is 1. The van der Waals surface area contributed by atoms with Crippen LogP contribution in [0.2, 0.25) is 0 Å². The molecule has 0 amide bonds. The van der Waals surface area contributed by atoms with Crippen molar-refractivity contribution in [3.8, 4) is 0 Å². The van der Waals surface area contributed by atoms with E-state index in [4.69, 9.17) is 4.42 Å². The lowest BCUT2D eigenvalue weighted by Crippen LogP contribution is -2.34. The number of rotatable bonds is 6. The molecule has 0 saturated carbocycles. The molecule has 3 nitrogen and oxygen atoms in total. The molecule has 2 rings (SSSR count). The summed E-state index contributed by atoms with van der Waals surface area (Å²) >= 11 is 0. The number of furan rings is 1. The number of nitrogens with zero attached hydrogens (tertiary/aromatic N) is 1.